The molecule has 0 aromatic carbocycles. The van der Waals surface area contributed by atoms with Crippen LogP contribution in [0.4, 0.5) is 0 Å². The van der Waals surface area contributed by atoms with E-state index in [2.05, 4.69) is 0 Å². The second-order valence-corrected chi connectivity index (χ2v) is 2.97. The molecule has 1 fully saturated rings. The molecule has 0 atom stereocenters. The molecule has 1 aliphatic rings. The van der Waals surface area contributed by atoms with Crippen LogP contribution in [0.3, 0.4) is 0 Å². The maximum Gasteiger partial charge on any atom is 0.348 e. The van der Waals surface area contributed by atoms with Crippen molar-refractivity contribution < 1.29 is 14.3 Å². The summed E-state index contributed by atoms with van der Waals surface area (Å²) >= 11 is 0. The summed E-state index contributed by atoms with van der Waals surface area (Å²) in [6, 6.07) is 1.88. The zero-order chi connectivity index (χ0) is 10.4. The highest BCUT2D eigenvalue weighted by molar-refractivity contribution is 5.93. The molecule has 1 heterocycles. The SMILES string of the molecule is CCOC(=O)/C(C#N)=C1\CCCOC1. The van der Waals surface area contributed by atoms with Gasteiger partial charge in [0.25, 0.3) is 0 Å². The Balaban J connectivity index is 2.77. The van der Waals surface area contributed by atoms with Gasteiger partial charge in [-0.15, -0.1) is 0 Å². The van der Waals surface area contributed by atoms with Gasteiger partial charge in [-0.1, -0.05) is 0 Å². The van der Waals surface area contributed by atoms with Gasteiger partial charge in [-0.3, -0.25) is 0 Å². The Hall–Kier alpha value is -1.34. The topological polar surface area (TPSA) is 59.3 Å². The summed E-state index contributed by atoms with van der Waals surface area (Å²) < 4.78 is 9.95. The van der Waals surface area contributed by atoms with E-state index in [9.17, 15) is 4.79 Å². The summed E-state index contributed by atoms with van der Waals surface area (Å²) in [6.07, 6.45) is 1.61. The second kappa shape index (κ2) is 5.40. The summed E-state index contributed by atoms with van der Waals surface area (Å²) in [4.78, 5) is 11.3. The Kier molecular flexibility index (Phi) is 4.14. The second-order valence-electron chi connectivity index (χ2n) is 2.97. The Labute approximate surface area is 83.1 Å². The third kappa shape index (κ3) is 2.57. The summed E-state index contributed by atoms with van der Waals surface area (Å²) in [5.74, 6) is -0.532. The van der Waals surface area contributed by atoms with E-state index >= 15 is 0 Å². The quantitative estimate of drug-likeness (QED) is 0.377. The van der Waals surface area contributed by atoms with E-state index < -0.39 is 5.97 Å². The molecule has 0 aliphatic carbocycles. The van der Waals surface area contributed by atoms with Gasteiger partial charge in [-0.2, -0.15) is 5.26 Å². The Morgan fingerprint density at radius 3 is 3.00 bits per heavy atom. The number of carbonyl (C=O) groups excluding carboxylic acids is 1. The summed E-state index contributed by atoms with van der Waals surface area (Å²) in [7, 11) is 0. The Morgan fingerprint density at radius 1 is 1.71 bits per heavy atom. The standard InChI is InChI=1S/C10H13NO3/c1-2-14-10(12)9(6-11)8-4-3-5-13-7-8/h2-5,7H2,1H3/b9-8+. The lowest BCUT2D eigenvalue weighted by molar-refractivity contribution is -0.138. The molecule has 0 N–H and O–H groups in total. The van der Waals surface area contributed by atoms with Crippen molar-refractivity contribution in [2.75, 3.05) is 19.8 Å². The summed E-state index contributed by atoms with van der Waals surface area (Å²) in [5.41, 5.74) is 0.878. The van der Waals surface area contributed by atoms with E-state index in [4.69, 9.17) is 14.7 Å². The average Bonchev–Trinajstić information content (AvgIpc) is 2.21. The van der Waals surface area contributed by atoms with Crippen LogP contribution >= 0.6 is 0 Å². The average molecular weight is 195 g/mol. The third-order valence-corrected chi connectivity index (χ3v) is 1.99. The fourth-order valence-electron chi connectivity index (χ4n) is 1.32. The van der Waals surface area contributed by atoms with Crippen molar-refractivity contribution in [1.82, 2.24) is 0 Å². The third-order valence-electron chi connectivity index (χ3n) is 1.99. The molecule has 76 valence electrons. The van der Waals surface area contributed by atoms with E-state index in [1.54, 1.807) is 6.92 Å². The number of carbonyl (C=O) groups is 1. The van der Waals surface area contributed by atoms with Crippen LogP contribution in [0, 0.1) is 11.3 Å². The van der Waals surface area contributed by atoms with Gasteiger partial charge in [-0.05, 0) is 25.3 Å². The van der Waals surface area contributed by atoms with Gasteiger partial charge < -0.3 is 9.47 Å². The molecule has 0 unspecified atom stereocenters. The highest BCUT2D eigenvalue weighted by atomic mass is 16.5. The van der Waals surface area contributed by atoms with Gasteiger partial charge in [0, 0.05) is 6.61 Å². The van der Waals surface area contributed by atoms with Crippen molar-refractivity contribution in [2.24, 2.45) is 0 Å². The molecule has 0 aromatic heterocycles. The van der Waals surface area contributed by atoms with Crippen molar-refractivity contribution in [1.29, 1.82) is 5.26 Å². The van der Waals surface area contributed by atoms with Crippen LogP contribution in [0.5, 0.6) is 0 Å². The van der Waals surface area contributed by atoms with E-state index in [1.807, 2.05) is 6.07 Å². The lowest BCUT2D eigenvalue weighted by Gasteiger charge is -2.15. The molecule has 4 heteroatoms. The molecule has 1 rings (SSSR count). The van der Waals surface area contributed by atoms with E-state index in [0.717, 1.165) is 18.4 Å². The normalized spacial score (nSPS) is 19.7. The fourth-order valence-corrected chi connectivity index (χ4v) is 1.32. The number of ether oxygens (including phenoxy) is 2. The first kappa shape index (κ1) is 10.7. The fraction of sp³-hybridized carbons (Fsp3) is 0.600. The molecule has 0 spiro atoms. The molecule has 4 nitrogen and oxygen atoms in total. The van der Waals surface area contributed by atoms with Crippen LogP contribution in [0.25, 0.3) is 0 Å². The number of esters is 1. The maximum atomic E-state index is 11.3. The van der Waals surface area contributed by atoms with Crippen LogP contribution in [-0.2, 0) is 14.3 Å². The van der Waals surface area contributed by atoms with Crippen molar-refractivity contribution in [3.8, 4) is 6.07 Å². The minimum Gasteiger partial charge on any atom is -0.462 e. The molecule has 1 saturated heterocycles. The highest BCUT2D eigenvalue weighted by Crippen LogP contribution is 2.17. The van der Waals surface area contributed by atoms with Crippen molar-refractivity contribution >= 4 is 5.97 Å². The predicted octanol–water partition coefficient (Wildman–Crippen LogP) is 1.18. The van der Waals surface area contributed by atoms with Crippen molar-refractivity contribution in [3.05, 3.63) is 11.1 Å². The van der Waals surface area contributed by atoms with Gasteiger partial charge in [0.1, 0.15) is 11.6 Å². The van der Waals surface area contributed by atoms with Crippen LogP contribution < -0.4 is 0 Å². The Bertz CT molecular complexity index is 280. The number of nitrogens with zero attached hydrogens (tertiary/aromatic N) is 1. The smallest absolute Gasteiger partial charge is 0.348 e. The van der Waals surface area contributed by atoms with E-state index in [0.29, 0.717) is 13.2 Å². The molecule has 0 bridgehead atoms. The van der Waals surface area contributed by atoms with Gasteiger partial charge in [0.2, 0.25) is 0 Å². The first-order chi connectivity index (χ1) is 6.79. The van der Waals surface area contributed by atoms with Gasteiger partial charge in [0.05, 0.1) is 13.2 Å². The van der Waals surface area contributed by atoms with E-state index in [1.165, 1.54) is 0 Å². The molecule has 0 saturated carbocycles. The molecule has 1 aliphatic heterocycles. The summed E-state index contributed by atoms with van der Waals surface area (Å²) in [5, 5.41) is 8.81. The van der Waals surface area contributed by atoms with Gasteiger partial charge >= 0.3 is 5.97 Å². The zero-order valence-corrected chi connectivity index (χ0v) is 8.21. The zero-order valence-electron chi connectivity index (χ0n) is 8.21. The summed E-state index contributed by atoms with van der Waals surface area (Å²) in [6.45, 7) is 3.08. The molecule has 0 aromatic rings. The Morgan fingerprint density at radius 2 is 2.50 bits per heavy atom. The van der Waals surface area contributed by atoms with Crippen LogP contribution in [0.15, 0.2) is 11.1 Å². The number of nitriles is 1. The van der Waals surface area contributed by atoms with E-state index in [-0.39, 0.29) is 12.2 Å². The lowest BCUT2D eigenvalue weighted by atomic mass is 10.0. The predicted molar refractivity (Wildman–Crippen MR) is 49.3 cm³/mol. The number of rotatable bonds is 2. The van der Waals surface area contributed by atoms with Gasteiger partial charge in [-0.25, -0.2) is 4.79 Å². The molecule has 14 heavy (non-hydrogen) atoms. The molecular formula is C10H13NO3. The van der Waals surface area contributed by atoms with Gasteiger partial charge in [0.15, 0.2) is 0 Å². The monoisotopic (exact) mass is 195 g/mol. The van der Waals surface area contributed by atoms with Crippen molar-refractivity contribution in [3.63, 3.8) is 0 Å². The molecule has 0 radical (unpaired) electrons. The van der Waals surface area contributed by atoms with Crippen LogP contribution in [0.2, 0.25) is 0 Å². The first-order valence-corrected chi connectivity index (χ1v) is 4.66. The minimum atomic E-state index is -0.532. The first-order valence-electron chi connectivity index (χ1n) is 4.66. The van der Waals surface area contributed by atoms with Crippen molar-refractivity contribution in [2.45, 2.75) is 19.8 Å². The largest absolute Gasteiger partial charge is 0.462 e. The number of hydrogen-bond acceptors (Lipinski definition) is 4. The lowest BCUT2D eigenvalue weighted by Crippen LogP contribution is -2.15. The minimum absolute atomic E-state index is 0.117. The van der Waals surface area contributed by atoms with Crippen LogP contribution in [-0.4, -0.2) is 25.8 Å². The highest BCUT2D eigenvalue weighted by Gasteiger charge is 2.18. The molecular weight excluding hydrogens is 182 g/mol. The molecule has 0 amide bonds. The number of hydrogen-bond donors (Lipinski definition) is 0. The van der Waals surface area contributed by atoms with Crippen LogP contribution in [0.1, 0.15) is 19.8 Å². The maximum absolute atomic E-state index is 11.3.